The first-order valence-electron chi connectivity index (χ1n) is 7.82. The van der Waals surface area contributed by atoms with Crippen molar-refractivity contribution in [3.63, 3.8) is 0 Å². The lowest BCUT2D eigenvalue weighted by Crippen LogP contribution is -2.34. The number of nitrogens with one attached hydrogen (secondary N) is 1. The van der Waals surface area contributed by atoms with Crippen molar-refractivity contribution in [2.24, 2.45) is 0 Å². The van der Waals surface area contributed by atoms with Crippen molar-refractivity contribution in [2.75, 3.05) is 26.4 Å². The van der Waals surface area contributed by atoms with Gasteiger partial charge < -0.3 is 10.2 Å². The van der Waals surface area contributed by atoms with E-state index in [0.29, 0.717) is 13.0 Å². The van der Waals surface area contributed by atoms with E-state index in [1.54, 1.807) is 11.8 Å². The number of rotatable bonds is 8. The van der Waals surface area contributed by atoms with Gasteiger partial charge in [-0.05, 0) is 31.8 Å². The number of carbonyl (C=O) groups excluding carboxylic acids is 1. The van der Waals surface area contributed by atoms with Crippen LogP contribution in [-0.2, 0) is 4.79 Å². The molecule has 23 heavy (non-hydrogen) atoms. The molecule has 3 nitrogen and oxygen atoms in total. The van der Waals surface area contributed by atoms with Gasteiger partial charge in [0.25, 0.3) is 0 Å². The molecule has 0 spiro atoms. The standard InChI is InChI=1S/C19H24N2OS/c1-21(2)18(16-9-5-3-6-10-16)15-20-19(22)13-14-23-17-11-7-4-8-12-17/h3-12,18H,13-15H2,1-2H3,(H,20,22). The van der Waals surface area contributed by atoms with Crippen LogP contribution in [0, 0.1) is 0 Å². The van der Waals surface area contributed by atoms with Crippen LogP contribution in [0.5, 0.6) is 0 Å². The Labute approximate surface area is 143 Å². The molecule has 2 aromatic rings. The Bertz CT molecular complexity index is 587. The topological polar surface area (TPSA) is 32.3 Å². The second kappa shape index (κ2) is 9.38. The maximum absolute atomic E-state index is 12.0. The van der Waals surface area contributed by atoms with E-state index >= 15 is 0 Å². The molecule has 0 aliphatic heterocycles. The van der Waals surface area contributed by atoms with Gasteiger partial charge in [0.2, 0.25) is 5.91 Å². The SMILES string of the molecule is CN(C)C(CNC(=O)CCSc1ccccc1)c1ccccc1. The second-order valence-corrected chi connectivity index (χ2v) is 6.77. The van der Waals surface area contributed by atoms with Crippen LogP contribution >= 0.6 is 11.8 Å². The van der Waals surface area contributed by atoms with Crippen LogP contribution in [0.3, 0.4) is 0 Å². The van der Waals surface area contributed by atoms with E-state index in [-0.39, 0.29) is 11.9 Å². The van der Waals surface area contributed by atoms with Gasteiger partial charge in [0.1, 0.15) is 0 Å². The smallest absolute Gasteiger partial charge is 0.220 e. The summed E-state index contributed by atoms with van der Waals surface area (Å²) >= 11 is 1.71. The summed E-state index contributed by atoms with van der Waals surface area (Å²) in [5.74, 6) is 0.907. The summed E-state index contributed by atoms with van der Waals surface area (Å²) in [5.41, 5.74) is 1.22. The molecule has 0 aliphatic rings. The number of nitrogens with zero attached hydrogens (tertiary/aromatic N) is 1. The quantitative estimate of drug-likeness (QED) is 0.752. The van der Waals surface area contributed by atoms with Crippen molar-refractivity contribution in [1.29, 1.82) is 0 Å². The lowest BCUT2D eigenvalue weighted by molar-refractivity contribution is -0.120. The summed E-state index contributed by atoms with van der Waals surface area (Å²) in [6.07, 6.45) is 0.536. The van der Waals surface area contributed by atoms with Crippen molar-refractivity contribution < 1.29 is 4.79 Å². The Morgan fingerprint density at radius 1 is 1.04 bits per heavy atom. The minimum atomic E-state index is 0.108. The number of carbonyl (C=O) groups is 1. The third kappa shape index (κ3) is 6.08. The molecule has 0 heterocycles. The van der Waals surface area contributed by atoms with Crippen LogP contribution in [-0.4, -0.2) is 37.2 Å². The fourth-order valence-corrected chi connectivity index (χ4v) is 3.22. The van der Waals surface area contributed by atoms with E-state index in [9.17, 15) is 4.79 Å². The molecule has 0 saturated carbocycles. The molecule has 1 unspecified atom stereocenters. The molecule has 1 amide bonds. The van der Waals surface area contributed by atoms with E-state index in [4.69, 9.17) is 0 Å². The third-order valence-corrected chi connectivity index (χ3v) is 4.66. The molecule has 0 aliphatic carbocycles. The predicted molar refractivity (Wildman–Crippen MR) is 97.7 cm³/mol. The molecule has 0 saturated heterocycles. The van der Waals surface area contributed by atoms with Crippen LogP contribution in [0.4, 0.5) is 0 Å². The number of hydrogen-bond donors (Lipinski definition) is 1. The van der Waals surface area contributed by atoms with E-state index < -0.39 is 0 Å². The highest BCUT2D eigenvalue weighted by Gasteiger charge is 2.14. The summed E-state index contributed by atoms with van der Waals surface area (Å²) in [7, 11) is 4.07. The molecule has 0 bridgehead atoms. The summed E-state index contributed by atoms with van der Waals surface area (Å²) in [4.78, 5) is 15.4. The zero-order valence-electron chi connectivity index (χ0n) is 13.7. The van der Waals surface area contributed by atoms with Crippen LogP contribution in [0.15, 0.2) is 65.6 Å². The molecule has 0 aromatic heterocycles. The highest BCUT2D eigenvalue weighted by molar-refractivity contribution is 7.99. The molecular formula is C19H24N2OS. The maximum Gasteiger partial charge on any atom is 0.220 e. The Morgan fingerprint density at radius 3 is 2.26 bits per heavy atom. The van der Waals surface area contributed by atoms with Crippen LogP contribution in [0.2, 0.25) is 0 Å². The molecule has 0 fully saturated rings. The molecule has 1 atom stereocenters. The van der Waals surface area contributed by atoms with Gasteiger partial charge in [0.05, 0.1) is 6.04 Å². The first kappa shape index (κ1) is 17.6. The first-order valence-corrected chi connectivity index (χ1v) is 8.81. The summed E-state index contributed by atoms with van der Waals surface area (Å²) in [6.45, 7) is 0.631. The van der Waals surface area contributed by atoms with Gasteiger partial charge in [0, 0.05) is 23.6 Å². The molecule has 122 valence electrons. The number of amides is 1. The molecule has 1 N–H and O–H groups in total. The average Bonchev–Trinajstić information content (AvgIpc) is 2.57. The zero-order chi connectivity index (χ0) is 16.5. The molecular weight excluding hydrogens is 304 g/mol. The lowest BCUT2D eigenvalue weighted by Gasteiger charge is -2.25. The predicted octanol–water partition coefficient (Wildman–Crippen LogP) is 3.59. The summed E-state index contributed by atoms with van der Waals surface area (Å²) in [6, 6.07) is 20.6. The van der Waals surface area contributed by atoms with Gasteiger partial charge >= 0.3 is 0 Å². The molecule has 2 rings (SSSR count). The van der Waals surface area contributed by atoms with Crippen molar-refractivity contribution in [3.8, 4) is 0 Å². The lowest BCUT2D eigenvalue weighted by atomic mass is 10.1. The number of hydrogen-bond acceptors (Lipinski definition) is 3. The first-order chi connectivity index (χ1) is 11.2. The summed E-state index contributed by atoms with van der Waals surface area (Å²) < 4.78 is 0. The van der Waals surface area contributed by atoms with E-state index in [2.05, 4.69) is 34.5 Å². The van der Waals surface area contributed by atoms with Crippen molar-refractivity contribution in [3.05, 3.63) is 66.2 Å². The second-order valence-electron chi connectivity index (χ2n) is 5.61. The van der Waals surface area contributed by atoms with Crippen LogP contribution in [0.1, 0.15) is 18.0 Å². The fraction of sp³-hybridized carbons (Fsp3) is 0.316. The number of thioether (sulfide) groups is 1. The minimum Gasteiger partial charge on any atom is -0.354 e. The molecule has 0 radical (unpaired) electrons. The Morgan fingerprint density at radius 2 is 1.65 bits per heavy atom. The van der Waals surface area contributed by atoms with Crippen LogP contribution < -0.4 is 5.32 Å². The highest BCUT2D eigenvalue weighted by Crippen LogP contribution is 2.18. The van der Waals surface area contributed by atoms with E-state index in [0.717, 1.165) is 5.75 Å². The Kier molecular flexibility index (Phi) is 7.17. The normalized spacial score (nSPS) is 12.1. The average molecular weight is 328 g/mol. The largest absolute Gasteiger partial charge is 0.354 e. The number of likely N-dealkylation sites (N-methyl/N-ethyl adjacent to an activating group) is 1. The Hall–Kier alpha value is -1.78. The van der Waals surface area contributed by atoms with Crippen LogP contribution in [0.25, 0.3) is 0 Å². The van der Waals surface area contributed by atoms with Crippen molar-refractivity contribution >= 4 is 17.7 Å². The Balaban J connectivity index is 1.76. The van der Waals surface area contributed by atoms with Gasteiger partial charge in [-0.2, -0.15) is 0 Å². The fourth-order valence-electron chi connectivity index (χ4n) is 2.35. The van der Waals surface area contributed by atoms with Gasteiger partial charge in [-0.15, -0.1) is 11.8 Å². The van der Waals surface area contributed by atoms with Gasteiger partial charge in [0.15, 0.2) is 0 Å². The van der Waals surface area contributed by atoms with Gasteiger partial charge in [-0.3, -0.25) is 4.79 Å². The van der Waals surface area contributed by atoms with Gasteiger partial charge in [-0.25, -0.2) is 0 Å². The molecule has 4 heteroatoms. The monoisotopic (exact) mass is 328 g/mol. The maximum atomic E-state index is 12.0. The highest BCUT2D eigenvalue weighted by atomic mass is 32.2. The zero-order valence-corrected chi connectivity index (χ0v) is 14.6. The van der Waals surface area contributed by atoms with E-state index in [1.165, 1.54) is 10.5 Å². The van der Waals surface area contributed by atoms with E-state index in [1.807, 2.05) is 50.5 Å². The minimum absolute atomic E-state index is 0.108. The van der Waals surface area contributed by atoms with Crippen molar-refractivity contribution in [2.45, 2.75) is 17.4 Å². The summed E-state index contributed by atoms with van der Waals surface area (Å²) in [5, 5.41) is 3.05. The molecule has 2 aromatic carbocycles. The van der Waals surface area contributed by atoms with Gasteiger partial charge in [-0.1, -0.05) is 48.5 Å². The third-order valence-electron chi connectivity index (χ3n) is 3.64. The number of benzene rings is 2. The van der Waals surface area contributed by atoms with Crippen molar-refractivity contribution in [1.82, 2.24) is 10.2 Å².